The number of benzene rings is 2. The molecule has 7 nitrogen and oxygen atoms in total. The molecule has 1 aliphatic rings. The SMILES string of the molecule is C=CCOc1ccc(-c2nn(-c3ccccc3)cc2/C=C2\SC(=S)N(CCC(=O)O)C2=O)c(C)c1. The molecule has 1 fully saturated rings. The Morgan fingerprint density at radius 1 is 1.26 bits per heavy atom. The van der Waals surface area contributed by atoms with E-state index < -0.39 is 5.97 Å². The minimum atomic E-state index is -0.981. The van der Waals surface area contributed by atoms with Gasteiger partial charge < -0.3 is 9.84 Å². The lowest BCUT2D eigenvalue weighted by molar-refractivity contribution is -0.137. The number of nitrogens with zero attached hydrogens (tertiary/aromatic N) is 3. The molecule has 1 amide bonds. The van der Waals surface area contributed by atoms with Gasteiger partial charge in [-0.15, -0.1) is 0 Å². The molecule has 1 aromatic heterocycles. The lowest BCUT2D eigenvalue weighted by Crippen LogP contribution is -2.30. The van der Waals surface area contributed by atoms with Gasteiger partial charge in [-0.05, 0) is 48.9 Å². The Morgan fingerprint density at radius 3 is 2.71 bits per heavy atom. The van der Waals surface area contributed by atoms with E-state index in [1.807, 2.05) is 61.7 Å². The second-order valence-corrected chi connectivity index (χ2v) is 9.44. The van der Waals surface area contributed by atoms with Crippen LogP contribution in [0, 0.1) is 6.92 Å². The van der Waals surface area contributed by atoms with Crippen LogP contribution in [0.1, 0.15) is 17.5 Å². The molecule has 0 saturated carbocycles. The van der Waals surface area contributed by atoms with Crippen LogP contribution in [0.25, 0.3) is 23.0 Å². The van der Waals surface area contributed by atoms with Gasteiger partial charge in [0.25, 0.3) is 5.91 Å². The van der Waals surface area contributed by atoms with Crippen molar-refractivity contribution in [3.63, 3.8) is 0 Å². The summed E-state index contributed by atoms with van der Waals surface area (Å²) < 4.78 is 7.77. The predicted molar refractivity (Wildman–Crippen MR) is 142 cm³/mol. The van der Waals surface area contributed by atoms with E-state index in [1.54, 1.807) is 16.8 Å². The number of aryl methyl sites for hydroxylation is 1. The van der Waals surface area contributed by atoms with E-state index in [0.29, 0.717) is 21.5 Å². The van der Waals surface area contributed by atoms with E-state index in [-0.39, 0.29) is 18.9 Å². The van der Waals surface area contributed by atoms with Gasteiger partial charge in [-0.1, -0.05) is 54.8 Å². The molecule has 2 heterocycles. The van der Waals surface area contributed by atoms with Crippen LogP contribution < -0.4 is 4.74 Å². The van der Waals surface area contributed by atoms with Gasteiger partial charge in [0.15, 0.2) is 0 Å². The molecule has 0 spiro atoms. The first-order valence-electron chi connectivity index (χ1n) is 10.8. The summed E-state index contributed by atoms with van der Waals surface area (Å²) >= 11 is 6.50. The maximum Gasteiger partial charge on any atom is 0.305 e. The summed E-state index contributed by atoms with van der Waals surface area (Å²) in [5.41, 5.74) is 4.20. The minimum absolute atomic E-state index is 0.0404. The van der Waals surface area contributed by atoms with Gasteiger partial charge in [-0.25, -0.2) is 4.68 Å². The third-order valence-electron chi connectivity index (χ3n) is 5.29. The highest BCUT2D eigenvalue weighted by Crippen LogP contribution is 2.36. The molecule has 0 aliphatic carbocycles. The summed E-state index contributed by atoms with van der Waals surface area (Å²) in [6.45, 7) is 6.11. The fourth-order valence-electron chi connectivity index (χ4n) is 3.60. The van der Waals surface area contributed by atoms with Crippen molar-refractivity contribution in [3.05, 3.63) is 83.4 Å². The Morgan fingerprint density at radius 2 is 2.03 bits per heavy atom. The average Bonchev–Trinajstić information content (AvgIpc) is 3.37. The summed E-state index contributed by atoms with van der Waals surface area (Å²) in [6, 6.07) is 15.5. The highest BCUT2D eigenvalue weighted by molar-refractivity contribution is 8.26. The molecule has 0 bridgehead atoms. The molecule has 1 saturated heterocycles. The molecule has 9 heteroatoms. The van der Waals surface area contributed by atoms with Crippen molar-refractivity contribution < 1.29 is 19.4 Å². The number of ether oxygens (including phenoxy) is 1. The number of carboxylic acids is 1. The molecule has 0 unspecified atom stereocenters. The van der Waals surface area contributed by atoms with Crippen LogP contribution in [0.2, 0.25) is 0 Å². The Bertz CT molecular complexity index is 1330. The van der Waals surface area contributed by atoms with Gasteiger partial charge >= 0.3 is 5.97 Å². The first-order valence-corrected chi connectivity index (χ1v) is 12.1. The topological polar surface area (TPSA) is 84.7 Å². The second-order valence-electron chi connectivity index (χ2n) is 7.77. The van der Waals surface area contributed by atoms with Crippen LogP contribution in [-0.2, 0) is 9.59 Å². The van der Waals surface area contributed by atoms with Crippen LogP contribution in [0.4, 0.5) is 0 Å². The Labute approximate surface area is 212 Å². The number of carboxylic acid groups (broad SMARTS) is 1. The maximum absolute atomic E-state index is 13.0. The monoisotopic (exact) mass is 505 g/mol. The van der Waals surface area contributed by atoms with Crippen LogP contribution >= 0.6 is 24.0 Å². The van der Waals surface area contributed by atoms with Crippen molar-refractivity contribution in [1.29, 1.82) is 0 Å². The maximum atomic E-state index is 13.0. The quantitative estimate of drug-likeness (QED) is 0.246. The molecule has 2 aromatic carbocycles. The molecule has 4 rings (SSSR count). The fourth-order valence-corrected chi connectivity index (χ4v) is 4.90. The highest BCUT2D eigenvalue weighted by atomic mass is 32.2. The normalized spacial score (nSPS) is 14.5. The Balaban J connectivity index is 1.75. The zero-order chi connectivity index (χ0) is 24.9. The number of aromatic nitrogens is 2. The molecular formula is C26H23N3O4S2. The highest BCUT2D eigenvalue weighted by Gasteiger charge is 2.32. The molecule has 178 valence electrons. The Kier molecular flexibility index (Phi) is 7.48. The minimum Gasteiger partial charge on any atom is -0.490 e. The van der Waals surface area contributed by atoms with Gasteiger partial charge in [0, 0.05) is 23.9 Å². The summed E-state index contributed by atoms with van der Waals surface area (Å²) in [6.07, 6.45) is 5.16. The van der Waals surface area contributed by atoms with Gasteiger partial charge in [0.05, 0.1) is 17.0 Å². The lowest BCUT2D eigenvalue weighted by Gasteiger charge is -2.12. The largest absolute Gasteiger partial charge is 0.490 e. The van der Waals surface area contributed by atoms with Crippen molar-refractivity contribution >= 4 is 46.3 Å². The standard InChI is InChI=1S/C26H23N3O4S2/c1-3-13-33-20-9-10-21(17(2)14-20)24-18(16-29(27-24)19-7-5-4-6-8-19)15-22-25(32)28(26(34)35-22)12-11-23(30)31/h3-10,14-16H,1,11-13H2,2H3,(H,30,31)/b22-15-. The zero-order valence-electron chi connectivity index (χ0n) is 19.0. The third-order valence-corrected chi connectivity index (χ3v) is 6.67. The molecule has 0 atom stereocenters. The fraction of sp³-hybridized carbons (Fsp3) is 0.154. The van der Waals surface area contributed by atoms with Crippen molar-refractivity contribution in [3.8, 4) is 22.7 Å². The third kappa shape index (κ3) is 5.52. The number of carbonyl (C=O) groups excluding carboxylic acids is 1. The lowest BCUT2D eigenvalue weighted by atomic mass is 10.0. The van der Waals surface area contributed by atoms with Gasteiger partial charge in [0.2, 0.25) is 0 Å². The van der Waals surface area contributed by atoms with E-state index in [4.69, 9.17) is 27.2 Å². The van der Waals surface area contributed by atoms with E-state index in [9.17, 15) is 9.59 Å². The zero-order valence-corrected chi connectivity index (χ0v) is 20.6. The van der Waals surface area contributed by atoms with E-state index in [0.717, 1.165) is 39.9 Å². The van der Waals surface area contributed by atoms with Crippen molar-refractivity contribution in [2.45, 2.75) is 13.3 Å². The van der Waals surface area contributed by atoms with Crippen molar-refractivity contribution in [1.82, 2.24) is 14.7 Å². The van der Waals surface area contributed by atoms with E-state index in [1.165, 1.54) is 4.90 Å². The summed E-state index contributed by atoms with van der Waals surface area (Å²) in [5, 5.41) is 13.8. The molecule has 35 heavy (non-hydrogen) atoms. The van der Waals surface area contributed by atoms with Crippen LogP contribution in [-0.4, -0.2) is 49.1 Å². The molecule has 3 aromatic rings. The number of hydrogen-bond acceptors (Lipinski definition) is 6. The van der Waals surface area contributed by atoms with Gasteiger partial charge in [-0.3, -0.25) is 14.5 Å². The van der Waals surface area contributed by atoms with Crippen LogP contribution in [0.3, 0.4) is 0 Å². The summed E-state index contributed by atoms with van der Waals surface area (Å²) in [7, 11) is 0. The Hall–Kier alpha value is -3.69. The van der Waals surface area contributed by atoms with Crippen LogP contribution in [0.15, 0.2) is 72.3 Å². The number of amides is 1. The predicted octanol–water partition coefficient (Wildman–Crippen LogP) is 5.09. The molecule has 1 aliphatic heterocycles. The summed E-state index contributed by atoms with van der Waals surface area (Å²) in [5.74, 6) is -0.551. The van der Waals surface area contributed by atoms with E-state index >= 15 is 0 Å². The smallest absolute Gasteiger partial charge is 0.305 e. The number of aliphatic carboxylic acids is 1. The van der Waals surface area contributed by atoms with Crippen molar-refractivity contribution in [2.75, 3.05) is 13.2 Å². The molecule has 0 radical (unpaired) electrons. The van der Waals surface area contributed by atoms with Gasteiger partial charge in [0.1, 0.15) is 22.4 Å². The first-order chi connectivity index (χ1) is 16.9. The summed E-state index contributed by atoms with van der Waals surface area (Å²) in [4.78, 5) is 25.7. The molecular weight excluding hydrogens is 482 g/mol. The number of hydrogen-bond donors (Lipinski definition) is 1. The van der Waals surface area contributed by atoms with Crippen LogP contribution in [0.5, 0.6) is 5.75 Å². The number of thioether (sulfide) groups is 1. The number of para-hydroxylation sites is 1. The van der Waals surface area contributed by atoms with Gasteiger partial charge in [-0.2, -0.15) is 5.10 Å². The average molecular weight is 506 g/mol. The van der Waals surface area contributed by atoms with E-state index in [2.05, 4.69) is 6.58 Å². The van der Waals surface area contributed by atoms with Crippen molar-refractivity contribution in [2.24, 2.45) is 0 Å². The number of thiocarbonyl (C=S) groups is 1. The first kappa shape index (κ1) is 24.4. The number of carbonyl (C=O) groups is 2. The second kappa shape index (κ2) is 10.7. The number of rotatable bonds is 9. The molecule has 1 N–H and O–H groups in total.